The summed E-state index contributed by atoms with van der Waals surface area (Å²) in [4.78, 5) is 0.767. The van der Waals surface area contributed by atoms with E-state index in [1.807, 2.05) is 0 Å². The zero-order valence-corrected chi connectivity index (χ0v) is 11.3. The molecule has 0 aliphatic heterocycles. The summed E-state index contributed by atoms with van der Waals surface area (Å²) >= 11 is 1.53. The van der Waals surface area contributed by atoms with Crippen LogP contribution in [0.3, 0.4) is 0 Å². The molecule has 0 aliphatic rings. The van der Waals surface area contributed by atoms with Crippen molar-refractivity contribution in [2.24, 2.45) is 5.92 Å². The first kappa shape index (κ1) is 14.5. The third kappa shape index (κ3) is 5.04. The molecule has 1 aromatic rings. The van der Waals surface area contributed by atoms with Crippen molar-refractivity contribution in [2.45, 2.75) is 31.7 Å². The van der Waals surface area contributed by atoms with Crippen molar-refractivity contribution in [1.29, 1.82) is 0 Å². The molecule has 1 nitrogen and oxygen atoms in total. The van der Waals surface area contributed by atoms with Gasteiger partial charge in [0.05, 0.1) is 0 Å². The zero-order chi connectivity index (χ0) is 12.8. The van der Waals surface area contributed by atoms with E-state index in [0.29, 0.717) is 12.0 Å². The number of rotatable bonds is 6. The van der Waals surface area contributed by atoms with E-state index < -0.39 is 11.6 Å². The van der Waals surface area contributed by atoms with Crippen LogP contribution in [0.25, 0.3) is 0 Å². The Morgan fingerprint density at radius 3 is 2.47 bits per heavy atom. The van der Waals surface area contributed by atoms with Gasteiger partial charge in [0.1, 0.15) is 0 Å². The second-order valence-corrected chi connectivity index (χ2v) is 5.58. The van der Waals surface area contributed by atoms with Gasteiger partial charge >= 0.3 is 0 Å². The van der Waals surface area contributed by atoms with E-state index in [1.165, 1.54) is 23.9 Å². The van der Waals surface area contributed by atoms with Gasteiger partial charge in [-0.25, -0.2) is 8.78 Å². The molecule has 0 bridgehead atoms. The van der Waals surface area contributed by atoms with E-state index in [1.54, 1.807) is 6.07 Å². The smallest absolute Gasteiger partial charge is 0.159 e. The highest BCUT2D eigenvalue weighted by atomic mass is 32.2. The topological polar surface area (TPSA) is 12.0 Å². The SMILES string of the molecule is CC(C)C(C)NCCSc1ccc(F)c(F)c1. The normalized spacial score (nSPS) is 13.1. The van der Waals surface area contributed by atoms with E-state index in [-0.39, 0.29) is 0 Å². The summed E-state index contributed by atoms with van der Waals surface area (Å²) < 4.78 is 25.6. The minimum absolute atomic E-state index is 0.473. The fraction of sp³-hybridized carbons (Fsp3) is 0.538. The van der Waals surface area contributed by atoms with Crippen molar-refractivity contribution >= 4 is 11.8 Å². The largest absolute Gasteiger partial charge is 0.313 e. The van der Waals surface area contributed by atoms with Crippen LogP contribution in [0.1, 0.15) is 20.8 Å². The molecule has 96 valence electrons. The molecule has 0 radical (unpaired) electrons. The molecule has 1 atom stereocenters. The molecule has 0 spiro atoms. The minimum Gasteiger partial charge on any atom is -0.313 e. The fourth-order valence-corrected chi connectivity index (χ4v) is 2.06. The second-order valence-electron chi connectivity index (χ2n) is 4.41. The van der Waals surface area contributed by atoms with Gasteiger partial charge in [-0.3, -0.25) is 0 Å². The van der Waals surface area contributed by atoms with Crippen molar-refractivity contribution in [1.82, 2.24) is 5.32 Å². The van der Waals surface area contributed by atoms with Crippen LogP contribution in [0.15, 0.2) is 23.1 Å². The lowest BCUT2D eigenvalue weighted by molar-refractivity contribution is 0.438. The number of halogens is 2. The first-order valence-electron chi connectivity index (χ1n) is 5.82. The molecule has 0 heterocycles. The minimum atomic E-state index is -0.791. The highest BCUT2D eigenvalue weighted by Crippen LogP contribution is 2.19. The average molecular weight is 259 g/mol. The van der Waals surface area contributed by atoms with Crippen molar-refractivity contribution in [3.8, 4) is 0 Å². The molecular weight excluding hydrogens is 240 g/mol. The predicted molar refractivity (Wildman–Crippen MR) is 69.4 cm³/mol. The van der Waals surface area contributed by atoms with Crippen LogP contribution in [0, 0.1) is 17.6 Å². The molecule has 0 aromatic heterocycles. The molecule has 0 saturated carbocycles. The average Bonchev–Trinajstić information content (AvgIpc) is 2.28. The van der Waals surface area contributed by atoms with E-state index in [2.05, 4.69) is 26.1 Å². The van der Waals surface area contributed by atoms with Crippen LogP contribution >= 0.6 is 11.8 Å². The van der Waals surface area contributed by atoms with Gasteiger partial charge in [-0.2, -0.15) is 0 Å². The van der Waals surface area contributed by atoms with Crippen molar-refractivity contribution in [3.05, 3.63) is 29.8 Å². The number of benzene rings is 1. The highest BCUT2D eigenvalue weighted by molar-refractivity contribution is 7.99. The molecule has 1 aromatic carbocycles. The third-order valence-corrected chi connectivity index (χ3v) is 3.72. The summed E-state index contributed by atoms with van der Waals surface area (Å²) in [5.74, 6) is -0.120. The number of nitrogens with one attached hydrogen (secondary N) is 1. The van der Waals surface area contributed by atoms with Crippen molar-refractivity contribution < 1.29 is 8.78 Å². The fourth-order valence-electron chi connectivity index (χ4n) is 1.26. The van der Waals surface area contributed by atoms with Crippen LogP contribution in [-0.2, 0) is 0 Å². The molecule has 0 aliphatic carbocycles. The Bertz CT molecular complexity index is 355. The number of thioether (sulfide) groups is 1. The molecule has 0 amide bonds. The van der Waals surface area contributed by atoms with Gasteiger partial charge in [-0.05, 0) is 31.0 Å². The Balaban J connectivity index is 2.29. The van der Waals surface area contributed by atoms with Gasteiger partial charge in [-0.15, -0.1) is 11.8 Å². The molecule has 17 heavy (non-hydrogen) atoms. The van der Waals surface area contributed by atoms with E-state index in [9.17, 15) is 8.78 Å². The summed E-state index contributed by atoms with van der Waals surface area (Å²) in [6.45, 7) is 7.34. The summed E-state index contributed by atoms with van der Waals surface area (Å²) in [5, 5.41) is 3.39. The van der Waals surface area contributed by atoms with Gasteiger partial charge in [0.25, 0.3) is 0 Å². The lowest BCUT2D eigenvalue weighted by atomic mass is 10.1. The van der Waals surface area contributed by atoms with Crippen LogP contribution < -0.4 is 5.32 Å². The molecule has 4 heteroatoms. The summed E-state index contributed by atoms with van der Waals surface area (Å²) in [5.41, 5.74) is 0. The molecular formula is C13H19F2NS. The summed E-state index contributed by atoms with van der Waals surface area (Å²) in [7, 11) is 0. The Kier molecular flexibility index (Phi) is 5.92. The van der Waals surface area contributed by atoms with Crippen molar-refractivity contribution in [3.63, 3.8) is 0 Å². The van der Waals surface area contributed by atoms with Crippen LogP contribution in [0.2, 0.25) is 0 Å². The number of hydrogen-bond acceptors (Lipinski definition) is 2. The molecule has 1 N–H and O–H groups in total. The highest BCUT2D eigenvalue weighted by Gasteiger charge is 2.06. The van der Waals surface area contributed by atoms with Gasteiger partial charge < -0.3 is 5.32 Å². The van der Waals surface area contributed by atoms with Crippen LogP contribution in [0.5, 0.6) is 0 Å². The summed E-state index contributed by atoms with van der Waals surface area (Å²) in [6.07, 6.45) is 0. The summed E-state index contributed by atoms with van der Waals surface area (Å²) in [6, 6.07) is 4.49. The maximum absolute atomic E-state index is 12.9. The molecule has 0 saturated heterocycles. The Morgan fingerprint density at radius 1 is 1.18 bits per heavy atom. The van der Waals surface area contributed by atoms with Gasteiger partial charge in [0, 0.05) is 23.2 Å². The molecule has 0 fully saturated rings. The molecule has 1 unspecified atom stereocenters. The first-order valence-corrected chi connectivity index (χ1v) is 6.80. The third-order valence-electron chi connectivity index (χ3n) is 2.73. The van der Waals surface area contributed by atoms with Gasteiger partial charge in [0.2, 0.25) is 0 Å². The van der Waals surface area contributed by atoms with Crippen LogP contribution in [-0.4, -0.2) is 18.3 Å². The van der Waals surface area contributed by atoms with Crippen LogP contribution in [0.4, 0.5) is 8.78 Å². The second kappa shape index (κ2) is 6.97. The van der Waals surface area contributed by atoms with Crippen molar-refractivity contribution in [2.75, 3.05) is 12.3 Å². The Morgan fingerprint density at radius 2 is 1.88 bits per heavy atom. The van der Waals surface area contributed by atoms with E-state index in [4.69, 9.17) is 0 Å². The lowest BCUT2D eigenvalue weighted by Gasteiger charge is -2.17. The Labute approximate surface area is 106 Å². The standard InChI is InChI=1S/C13H19F2NS/c1-9(2)10(3)16-6-7-17-11-4-5-12(14)13(15)8-11/h4-5,8-10,16H,6-7H2,1-3H3. The molecule has 1 rings (SSSR count). The monoisotopic (exact) mass is 259 g/mol. The maximum atomic E-state index is 12.9. The van der Waals surface area contributed by atoms with E-state index >= 15 is 0 Å². The van der Waals surface area contributed by atoms with Gasteiger partial charge in [0.15, 0.2) is 11.6 Å². The quantitative estimate of drug-likeness (QED) is 0.617. The zero-order valence-electron chi connectivity index (χ0n) is 10.5. The lowest BCUT2D eigenvalue weighted by Crippen LogP contribution is -2.32. The van der Waals surface area contributed by atoms with E-state index in [0.717, 1.165) is 17.2 Å². The maximum Gasteiger partial charge on any atom is 0.159 e. The first-order chi connectivity index (χ1) is 8.00. The number of hydrogen-bond donors (Lipinski definition) is 1. The van der Waals surface area contributed by atoms with Gasteiger partial charge in [-0.1, -0.05) is 13.8 Å². The predicted octanol–water partition coefficient (Wildman–Crippen LogP) is 3.69. The Hall–Kier alpha value is -0.610.